The van der Waals surface area contributed by atoms with E-state index in [9.17, 15) is 4.79 Å². The van der Waals surface area contributed by atoms with Gasteiger partial charge in [0.25, 0.3) is 0 Å². The summed E-state index contributed by atoms with van der Waals surface area (Å²) in [6.07, 6.45) is 0. The first kappa shape index (κ1) is 14.9. The first-order valence-corrected chi connectivity index (χ1v) is 8.48. The molecule has 0 radical (unpaired) electrons. The van der Waals surface area contributed by atoms with Gasteiger partial charge in [-0.25, -0.2) is 0 Å². The first-order chi connectivity index (χ1) is 10.7. The zero-order valence-electron chi connectivity index (χ0n) is 12.8. The van der Waals surface area contributed by atoms with Gasteiger partial charge in [-0.05, 0) is 25.5 Å². The lowest BCUT2D eigenvalue weighted by atomic mass is 10.1. The minimum absolute atomic E-state index is 0.0573. The van der Waals surface area contributed by atoms with E-state index >= 15 is 0 Å². The number of Topliss-reactive ketones (excluding diaryl/α,β-unsaturated/α-hetero) is 1. The number of carbonyl (C=O) groups is 1. The number of benzene rings is 2. The predicted octanol–water partition coefficient (Wildman–Crippen LogP) is 4.98. The Morgan fingerprint density at radius 3 is 2.55 bits per heavy atom. The molecule has 0 saturated heterocycles. The first-order valence-electron chi connectivity index (χ1n) is 7.44. The minimum Gasteiger partial charge on any atom is -0.358 e. The SMILES string of the molecule is Cc1[nH]c2ccccc2c1C(=O)[C@H](C)SCc1ccccc1. The summed E-state index contributed by atoms with van der Waals surface area (Å²) in [4.78, 5) is 16.1. The average molecular weight is 309 g/mol. The van der Waals surface area contributed by atoms with Gasteiger partial charge in [0.2, 0.25) is 0 Å². The number of hydrogen-bond donors (Lipinski definition) is 1. The van der Waals surface area contributed by atoms with E-state index in [2.05, 4.69) is 17.1 Å². The van der Waals surface area contributed by atoms with E-state index in [-0.39, 0.29) is 11.0 Å². The Morgan fingerprint density at radius 2 is 1.77 bits per heavy atom. The molecule has 2 aromatic carbocycles. The molecule has 1 aromatic heterocycles. The number of nitrogens with one attached hydrogen (secondary N) is 1. The smallest absolute Gasteiger partial charge is 0.177 e. The van der Waals surface area contributed by atoms with Crippen LogP contribution in [0.15, 0.2) is 54.6 Å². The van der Waals surface area contributed by atoms with Crippen LogP contribution in [0.1, 0.15) is 28.5 Å². The lowest BCUT2D eigenvalue weighted by Crippen LogP contribution is -2.14. The monoisotopic (exact) mass is 309 g/mol. The van der Waals surface area contributed by atoms with E-state index in [0.29, 0.717) is 0 Å². The second-order valence-electron chi connectivity index (χ2n) is 5.47. The number of rotatable bonds is 5. The highest BCUT2D eigenvalue weighted by Gasteiger charge is 2.21. The Labute approximate surface area is 134 Å². The number of hydrogen-bond acceptors (Lipinski definition) is 2. The van der Waals surface area contributed by atoms with E-state index in [1.165, 1.54) is 5.56 Å². The van der Waals surface area contributed by atoms with Crippen LogP contribution in [0.25, 0.3) is 10.9 Å². The van der Waals surface area contributed by atoms with Gasteiger partial charge in [-0.15, -0.1) is 11.8 Å². The van der Waals surface area contributed by atoms with Crippen molar-refractivity contribution in [2.75, 3.05) is 0 Å². The van der Waals surface area contributed by atoms with Crippen LogP contribution in [0.4, 0.5) is 0 Å². The highest BCUT2D eigenvalue weighted by Crippen LogP contribution is 2.27. The predicted molar refractivity (Wildman–Crippen MR) is 94.6 cm³/mol. The fourth-order valence-electron chi connectivity index (χ4n) is 2.67. The van der Waals surface area contributed by atoms with Gasteiger partial charge < -0.3 is 4.98 Å². The lowest BCUT2D eigenvalue weighted by Gasteiger charge is -2.10. The van der Waals surface area contributed by atoms with E-state index in [1.807, 2.05) is 56.3 Å². The highest BCUT2D eigenvalue weighted by molar-refractivity contribution is 7.99. The third-order valence-electron chi connectivity index (χ3n) is 3.85. The van der Waals surface area contributed by atoms with E-state index < -0.39 is 0 Å². The molecule has 1 heterocycles. The Kier molecular flexibility index (Phi) is 4.34. The second kappa shape index (κ2) is 6.41. The minimum atomic E-state index is -0.0573. The van der Waals surface area contributed by atoms with Gasteiger partial charge in [0.05, 0.1) is 5.25 Å². The molecule has 0 aliphatic heterocycles. The average Bonchev–Trinajstić information content (AvgIpc) is 2.88. The second-order valence-corrected chi connectivity index (χ2v) is 6.80. The summed E-state index contributed by atoms with van der Waals surface area (Å²) < 4.78 is 0. The van der Waals surface area contributed by atoms with Crippen molar-refractivity contribution in [2.24, 2.45) is 0 Å². The van der Waals surface area contributed by atoms with E-state index in [4.69, 9.17) is 0 Å². The fraction of sp³-hybridized carbons (Fsp3) is 0.211. The molecule has 0 bridgehead atoms. The molecule has 0 aliphatic carbocycles. The van der Waals surface area contributed by atoms with Crippen molar-refractivity contribution in [3.05, 3.63) is 71.4 Å². The number of ketones is 1. The number of H-pyrrole nitrogens is 1. The molecular formula is C19H19NOS. The molecule has 1 atom stereocenters. The summed E-state index contributed by atoms with van der Waals surface area (Å²) in [5.41, 5.74) is 4.08. The van der Waals surface area contributed by atoms with Crippen LogP contribution in [0, 0.1) is 6.92 Å². The number of para-hydroxylation sites is 1. The molecule has 0 aliphatic rings. The molecule has 3 aromatic rings. The molecule has 3 rings (SSSR count). The molecule has 0 fully saturated rings. The van der Waals surface area contributed by atoms with Gasteiger partial charge in [-0.1, -0.05) is 48.5 Å². The molecule has 22 heavy (non-hydrogen) atoms. The summed E-state index contributed by atoms with van der Waals surface area (Å²) in [7, 11) is 0. The van der Waals surface area contributed by atoms with Crippen LogP contribution >= 0.6 is 11.8 Å². The molecule has 0 amide bonds. The fourth-order valence-corrected chi connectivity index (χ4v) is 3.57. The van der Waals surface area contributed by atoms with Crippen molar-refractivity contribution in [3.63, 3.8) is 0 Å². The summed E-state index contributed by atoms with van der Waals surface area (Å²) in [6, 6.07) is 18.3. The van der Waals surface area contributed by atoms with Crippen molar-refractivity contribution in [3.8, 4) is 0 Å². The number of aromatic amines is 1. The molecule has 2 nitrogen and oxygen atoms in total. The molecule has 0 unspecified atom stereocenters. The summed E-state index contributed by atoms with van der Waals surface area (Å²) in [5.74, 6) is 1.06. The van der Waals surface area contributed by atoms with Crippen LogP contribution in [0.3, 0.4) is 0 Å². The zero-order chi connectivity index (χ0) is 15.5. The van der Waals surface area contributed by atoms with Crippen LogP contribution < -0.4 is 0 Å². The van der Waals surface area contributed by atoms with Gasteiger partial charge in [0.15, 0.2) is 5.78 Å². The van der Waals surface area contributed by atoms with E-state index in [1.54, 1.807) is 11.8 Å². The van der Waals surface area contributed by atoms with Gasteiger partial charge >= 0.3 is 0 Å². The third kappa shape index (κ3) is 2.95. The van der Waals surface area contributed by atoms with Crippen molar-refractivity contribution in [1.82, 2.24) is 4.98 Å². The van der Waals surface area contributed by atoms with Gasteiger partial charge in [0, 0.05) is 27.9 Å². The molecule has 3 heteroatoms. The third-order valence-corrected chi connectivity index (χ3v) is 5.07. The lowest BCUT2D eigenvalue weighted by molar-refractivity contribution is 0.0995. The van der Waals surface area contributed by atoms with Crippen LogP contribution in [-0.2, 0) is 5.75 Å². The summed E-state index contributed by atoms with van der Waals surface area (Å²) in [5, 5.41) is 0.968. The van der Waals surface area contributed by atoms with Gasteiger partial charge in [-0.2, -0.15) is 0 Å². The number of fused-ring (bicyclic) bond motifs is 1. The summed E-state index contributed by atoms with van der Waals surface area (Å²) in [6.45, 7) is 3.97. The Hall–Kier alpha value is -2.00. The molecule has 1 N–H and O–H groups in total. The number of thioether (sulfide) groups is 1. The quantitative estimate of drug-likeness (QED) is 0.674. The maximum atomic E-state index is 12.8. The number of aryl methyl sites for hydroxylation is 1. The summed E-state index contributed by atoms with van der Waals surface area (Å²) >= 11 is 1.69. The van der Waals surface area contributed by atoms with E-state index in [0.717, 1.165) is 27.9 Å². The van der Waals surface area contributed by atoms with Gasteiger partial charge in [-0.3, -0.25) is 4.79 Å². The zero-order valence-corrected chi connectivity index (χ0v) is 13.6. The largest absolute Gasteiger partial charge is 0.358 e. The van der Waals surface area contributed by atoms with Crippen molar-refractivity contribution in [2.45, 2.75) is 24.9 Å². The molecule has 0 saturated carbocycles. The number of aromatic nitrogens is 1. The maximum Gasteiger partial charge on any atom is 0.177 e. The van der Waals surface area contributed by atoms with Gasteiger partial charge in [0.1, 0.15) is 0 Å². The molecule has 0 spiro atoms. The van der Waals surface area contributed by atoms with Crippen LogP contribution in [0.2, 0.25) is 0 Å². The topological polar surface area (TPSA) is 32.9 Å². The molecular weight excluding hydrogens is 290 g/mol. The Bertz CT molecular complexity index is 792. The number of carbonyl (C=O) groups excluding carboxylic acids is 1. The Morgan fingerprint density at radius 1 is 1.09 bits per heavy atom. The highest BCUT2D eigenvalue weighted by atomic mass is 32.2. The van der Waals surface area contributed by atoms with Crippen molar-refractivity contribution in [1.29, 1.82) is 0 Å². The maximum absolute atomic E-state index is 12.8. The van der Waals surface area contributed by atoms with Crippen molar-refractivity contribution >= 4 is 28.4 Å². The van der Waals surface area contributed by atoms with Crippen LogP contribution in [-0.4, -0.2) is 16.0 Å². The standard InChI is InChI=1S/C19H19NOS/c1-13-18(16-10-6-7-11-17(16)20-13)19(21)14(2)22-12-15-8-4-3-5-9-15/h3-11,14,20H,12H2,1-2H3/t14-/m0/s1. The van der Waals surface area contributed by atoms with Crippen molar-refractivity contribution < 1.29 is 4.79 Å². The Balaban J connectivity index is 1.79. The van der Waals surface area contributed by atoms with Crippen LogP contribution in [0.5, 0.6) is 0 Å². The molecule has 112 valence electrons. The normalized spacial score (nSPS) is 12.5.